The molecule has 0 aliphatic rings. The zero-order chi connectivity index (χ0) is 9.84. The second-order valence-electron chi connectivity index (χ2n) is 3.22. The van der Waals surface area contributed by atoms with Gasteiger partial charge in [-0.25, -0.2) is 4.79 Å². The van der Waals surface area contributed by atoms with Gasteiger partial charge in [0, 0.05) is 11.9 Å². The molecule has 0 aliphatic heterocycles. The third kappa shape index (κ3) is 2.86. The van der Waals surface area contributed by atoms with Crippen molar-refractivity contribution < 1.29 is 9.90 Å². The molecule has 0 bridgehead atoms. The van der Waals surface area contributed by atoms with Crippen LogP contribution in [0, 0.1) is 5.92 Å². The van der Waals surface area contributed by atoms with Crippen LogP contribution >= 0.6 is 0 Å². The molecule has 1 rings (SSSR count). The van der Waals surface area contributed by atoms with Crippen LogP contribution in [-0.2, 0) is 6.42 Å². The molecule has 69 valence electrons. The lowest BCUT2D eigenvalue weighted by molar-refractivity contribution is 0.0696. The number of aromatic nitrogens is 1. The van der Waals surface area contributed by atoms with Gasteiger partial charge in [-0.2, -0.15) is 0 Å². The molecular formula is C10H12NO2. The molecule has 1 N–H and O–H groups in total. The van der Waals surface area contributed by atoms with Crippen molar-refractivity contribution in [1.82, 2.24) is 4.98 Å². The van der Waals surface area contributed by atoms with Gasteiger partial charge in [0.2, 0.25) is 0 Å². The van der Waals surface area contributed by atoms with Gasteiger partial charge < -0.3 is 5.11 Å². The van der Waals surface area contributed by atoms with Crippen molar-refractivity contribution in [2.24, 2.45) is 0 Å². The molecule has 1 radical (unpaired) electrons. The summed E-state index contributed by atoms with van der Waals surface area (Å²) in [6, 6.07) is 3.10. The summed E-state index contributed by atoms with van der Waals surface area (Å²) >= 11 is 0. The molecule has 0 aromatic carbocycles. The van der Waals surface area contributed by atoms with Gasteiger partial charge >= 0.3 is 5.97 Å². The van der Waals surface area contributed by atoms with E-state index < -0.39 is 5.97 Å². The number of aromatic carboxylic acids is 1. The van der Waals surface area contributed by atoms with Crippen molar-refractivity contribution in [3.05, 3.63) is 35.5 Å². The molecule has 0 atom stereocenters. The third-order valence-corrected chi connectivity index (χ3v) is 1.60. The first-order valence-corrected chi connectivity index (χ1v) is 4.07. The molecule has 3 nitrogen and oxygen atoms in total. The quantitative estimate of drug-likeness (QED) is 0.769. The predicted octanol–water partition coefficient (Wildman–Crippen LogP) is 1.94. The predicted molar refractivity (Wildman–Crippen MR) is 49.5 cm³/mol. The lowest BCUT2D eigenvalue weighted by atomic mass is 10.1. The van der Waals surface area contributed by atoms with Crippen molar-refractivity contribution in [2.45, 2.75) is 20.3 Å². The van der Waals surface area contributed by atoms with E-state index in [1.807, 2.05) is 13.8 Å². The van der Waals surface area contributed by atoms with E-state index in [0.717, 1.165) is 12.1 Å². The summed E-state index contributed by atoms with van der Waals surface area (Å²) < 4.78 is 0. The molecule has 0 saturated carbocycles. The third-order valence-electron chi connectivity index (χ3n) is 1.60. The summed E-state index contributed by atoms with van der Waals surface area (Å²) in [7, 11) is 0. The molecule has 0 amide bonds. The number of rotatable bonds is 3. The van der Waals surface area contributed by atoms with Crippen molar-refractivity contribution in [1.29, 1.82) is 0 Å². The van der Waals surface area contributed by atoms with Crippen LogP contribution in [0.1, 0.15) is 29.9 Å². The van der Waals surface area contributed by atoms with E-state index >= 15 is 0 Å². The minimum absolute atomic E-state index is 0.297. The fourth-order valence-electron chi connectivity index (χ4n) is 1.07. The Morgan fingerprint density at radius 2 is 2.23 bits per heavy atom. The largest absolute Gasteiger partial charge is 0.478 e. The van der Waals surface area contributed by atoms with Crippen LogP contribution in [-0.4, -0.2) is 16.1 Å². The summed E-state index contributed by atoms with van der Waals surface area (Å²) in [5.41, 5.74) is 1.10. The molecule has 0 saturated heterocycles. The highest BCUT2D eigenvalue weighted by Gasteiger charge is 2.05. The molecule has 0 fully saturated rings. The number of carbonyl (C=O) groups is 1. The summed E-state index contributed by atoms with van der Waals surface area (Å²) in [6.07, 6.45) is 2.27. The highest BCUT2D eigenvalue weighted by Crippen LogP contribution is 2.08. The Labute approximate surface area is 77.4 Å². The van der Waals surface area contributed by atoms with Crippen LogP contribution in [0.5, 0.6) is 0 Å². The minimum Gasteiger partial charge on any atom is -0.478 e. The molecule has 1 aromatic heterocycles. The smallest absolute Gasteiger partial charge is 0.335 e. The number of nitrogens with zero attached hydrogens (tertiary/aromatic N) is 1. The molecule has 0 unspecified atom stereocenters. The molecular weight excluding hydrogens is 166 g/mol. The van der Waals surface area contributed by atoms with E-state index in [-0.39, 0.29) is 0 Å². The van der Waals surface area contributed by atoms with Crippen LogP contribution < -0.4 is 0 Å². The van der Waals surface area contributed by atoms with Crippen LogP contribution in [0.2, 0.25) is 0 Å². The minimum atomic E-state index is -0.905. The van der Waals surface area contributed by atoms with E-state index in [9.17, 15) is 4.79 Å². The van der Waals surface area contributed by atoms with Gasteiger partial charge in [-0.1, -0.05) is 13.8 Å². The maximum atomic E-state index is 10.6. The molecule has 1 aromatic rings. The zero-order valence-electron chi connectivity index (χ0n) is 7.74. The number of hydrogen-bond acceptors (Lipinski definition) is 2. The first-order chi connectivity index (χ1) is 6.09. The fraction of sp³-hybridized carbons (Fsp3) is 0.300. The van der Waals surface area contributed by atoms with E-state index in [1.165, 1.54) is 18.2 Å². The van der Waals surface area contributed by atoms with Gasteiger partial charge in [0.25, 0.3) is 0 Å². The summed E-state index contributed by atoms with van der Waals surface area (Å²) in [4.78, 5) is 14.7. The normalized spacial score (nSPS) is 10.4. The summed E-state index contributed by atoms with van der Waals surface area (Å²) in [6.45, 7) is 3.99. The standard InChI is InChI=1S/C10H12NO2/c1-7(2)5-9-6-8(10(12)13)3-4-11-9/h3-4,6H,5H2,1-2H3,(H,12,13). The number of carboxylic acid groups (broad SMARTS) is 1. The Morgan fingerprint density at radius 3 is 2.77 bits per heavy atom. The Hall–Kier alpha value is -1.38. The van der Waals surface area contributed by atoms with E-state index in [0.29, 0.717) is 5.56 Å². The van der Waals surface area contributed by atoms with Crippen LogP contribution in [0.15, 0.2) is 18.3 Å². The zero-order valence-corrected chi connectivity index (χ0v) is 7.74. The van der Waals surface area contributed by atoms with Crippen molar-refractivity contribution in [2.75, 3.05) is 0 Å². The molecule has 13 heavy (non-hydrogen) atoms. The van der Waals surface area contributed by atoms with Gasteiger partial charge in [0.05, 0.1) is 5.56 Å². The summed E-state index contributed by atoms with van der Waals surface area (Å²) in [5.74, 6) is 0.312. The second-order valence-corrected chi connectivity index (χ2v) is 3.22. The lowest BCUT2D eigenvalue weighted by Gasteiger charge is -2.03. The second kappa shape index (κ2) is 4.03. The van der Waals surface area contributed by atoms with E-state index in [2.05, 4.69) is 4.98 Å². The Balaban J connectivity index is 2.85. The highest BCUT2D eigenvalue weighted by atomic mass is 16.4. The van der Waals surface area contributed by atoms with Crippen molar-refractivity contribution in [3.63, 3.8) is 0 Å². The van der Waals surface area contributed by atoms with Gasteiger partial charge in [-0.05, 0) is 24.5 Å². The average molecular weight is 178 g/mol. The van der Waals surface area contributed by atoms with Gasteiger partial charge in [0.1, 0.15) is 0 Å². The molecule has 1 heterocycles. The average Bonchev–Trinajstić information content (AvgIpc) is 2.03. The topological polar surface area (TPSA) is 50.2 Å². The van der Waals surface area contributed by atoms with Crippen molar-refractivity contribution in [3.8, 4) is 0 Å². The maximum absolute atomic E-state index is 10.6. The molecule has 0 spiro atoms. The fourth-order valence-corrected chi connectivity index (χ4v) is 1.07. The highest BCUT2D eigenvalue weighted by molar-refractivity contribution is 5.87. The lowest BCUT2D eigenvalue weighted by Crippen LogP contribution is -2.01. The van der Waals surface area contributed by atoms with Crippen LogP contribution in [0.4, 0.5) is 0 Å². The first kappa shape index (κ1) is 9.71. The number of pyridine rings is 1. The maximum Gasteiger partial charge on any atom is 0.335 e. The Morgan fingerprint density at radius 1 is 1.54 bits per heavy atom. The summed E-state index contributed by atoms with van der Waals surface area (Å²) in [5, 5.41) is 8.71. The van der Waals surface area contributed by atoms with Gasteiger partial charge in [0.15, 0.2) is 0 Å². The van der Waals surface area contributed by atoms with Crippen LogP contribution in [0.3, 0.4) is 0 Å². The van der Waals surface area contributed by atoms with Gasteiger partial charge in [-0.15, -0.1) is 0 Å². The molecule has 3 heteroatoms. The Bertz CT molecular complexity index is 308. The van der Waals surface area contributed by atoms with E-state index in [4.69, 9.17) is 5.11 Å². The monoisotopic (exact) mass is 178 g/mol. The SMILES string of the molecule is C[C](C)Cc1cc(C(=O)O)ccn1. The Kier molecular flexibility index (Phi) is 3.01. The van der Waals surface area contributed by atoms with Crippen LogP contribution in [0.25, 0.3) is 0 Å². The first-order valence-electron chi connectivity index (χ1n) is 4.07. The molecule has 0 aliphatic carbocycles. The number of carboxylic acids is 1. The van der Waals surface area contributed by atoms with E-state index in [1.54, 1.807) is 6.07 Å². The van der Waals surface area contributed by atoms with Gasteiger partial charge in [-0.3, -0.25) is 4.98 Å². The van der Waals surface area contributed by atoms with Crippen molar-refractivity contribution >= 4 is 5.97 Å². The number of hydrogen-bond donors (Lipinski definition) is 1.